The second-order valence-electron chi connectivity index (χ2n) is 5.66. The van der Waals surface area contributed by atoms with Crippen molar-refractivity contribution in [3.05, 3.63) is 0 Å². The number of carbonyl (C=O) groups is 3. The van der Waals surface area contributed by atoms with Gasteiger partial charge < -0.3 is 19.6 Å². The zero-order chi connectivity index (χ0) is 15.4. The van der Waals surface area contributed by atoms with Crippen LogP contribution >= 0.6 is 0 Å². The van der Waals surface area contributed by atoms with Gasteiger partial charge in [0.2, 0.25) is 11.8 Å². The number of carboxylic acid groups (broad SMARTS) is 1. The zero-order valence-corrected chi connectivity index (χ0v) is 12.3. The number of aliphatic carboxylic acids is 1. The van der Waals surface area contributed by atoms with Crippen LogP contribution in [-0.2, 0) is 19.1 Å². The molecular weight excluding hydrogens is 276 g/mol. The predicted molar refractivity (Wildman–Crippen MR) is 73.6 cm³/mol. The summed E-state index contributed by atoms with van der Waals surface area (Å²) >= 11 is 0. The van der Waals surface area contributed by atoms with E-state index >= 15 is 0 Å². The third-order valence-corrected chi connectivity index (χ3v) is 4.14. The number of hydrogen-bond acceptors (Lipinski definition) is 4. The van der Waals surface area contributed by atoms with Crippen molar-refractivity contribution in [2.24, 2.45) is 5.92 Å². The van der Waals surface area contributed by atoms with E-state index in [9.17, 15) is 14.4 Å². The van der Waals surface area contributed by atoms with Crippen LogP contribution in [0.2, 0.25) is 0 Å². The molecule has 2 rings (SSSR count). The number of carboxylic acids is 1. The molecule has 0 aromatic carbocycles. The fourth-order valence-electron chi connectivity index (χ4n) is 2.94. The molecule has 7 heteroatoms. The molecule has 0 aromatic rings. The zero-order valence-electron chi connectivity index (χ0n) is 12.3. The molecule has 2 heterocycles. The van der Waals surface area contributed by atoms with Crippen LogP contribution in [0, 0.1) is 5.92 Å². The van der Waals surface area contributed by atoms with Crippen LogP contribution in [-0.4, -0.2) is 71.6 Å². The molecule has 0 radical (unpaired) electrons. The third kappa shape index (κ3) is 4.17. The van der Waals surface area contributed by atoms with Gasteiger partial charge in [-0.25, -0.2) is 0 Å². The second-order valence-corrected chi connectivity index (χ2v) is 5.66. The van der Waals surface area contributed by atoms with E-state index in [4.69, 9.17) is 9.84 Å². The van der Waals surface area contributed by atoms with Crippen molar-refractivity contribution in [3.63, 3.8) is 0 Å². The molecule has 2 aliphatic rings. The minimum absolute atomic E-state index is 0.0498. The maximum Gasteiger partial charge on any atom is 0.306 e. The Morgan fingerprint density at radius 1 is 1.14 bits per heavy atom. The molecule has 2 amide bonds. The van der Waals surface area contributed by atoms with Gasteiger partial charge in [-0.3, -0.25) is 14.4 Å². The van der Waals surface area contributed by atoms with Crippen molar-refractivity contribution in [2.45, 2.75) is 32.3 Å². The highest BCUT2D eigenvalue weighted by molar-refractivity contribution is 5.80. The number of amides is 2. The summed E-state index contributed by atoms with van der Waals surface area (Å²) in [4.78, 5) is 38.0. The monoisotopic (exact) mass is 298 g/mol. The molecular formula is C14H22N2O5. The second kappa shape index (κ2) is 6.89. The summed E-state index contributed by atoms with van der Waals surface area (Å²) in [7, 11) is 0. The molecule has 2 saturated heterocycles. The lowest BCUT2D eigenvalue weighted by atomic mass is 9.95. The first-order chi connectivity index (χ1) is 9.97. The molecule has 2 aliphatic heterocycles. The van der Waals surface area contributed by atoms with Crippen molar-refractivity contribution >= 4 is 17.8 Å². The lowest BCUT2D eigenvalue weighted by Crippen LogP contribution is -2.50. The fourth-order valence-corrected chi connectivity index (χ4v) is 2.94. The average Bonchev–Trinajstić information content (AvgIpc) is 2.46. The van der Waals surface area contributed by atoms with Crippen LogP contribution in [0.15, 0.2) is 0 Å². The Kier molecular flexibility index (Phi) is 5.17. The summed E-state index contributed by atoms with van der Waals surface area (Å²) in [6, 6.07) is 0. The summed E-state index contributed by atoms with van der Waals surface area (Å²) in [6.45, 7) is 4.03. The molecule has 1 N–H and O–H groups in total. The van der Waals surface area contributed by atoms with E-state index in [2.05, 4.69) is 0 Å². The van der Waals surface area contributed by atoms with Gasteiger partial charge in [-0.15, -0.1) is 0 Å². The fraction of sp³-hybridized carbons (Fsp3) is 0.786. The number of piperidine rings is 1. The van der Waals surface area contributed by atoms with E-state index in [-0.39, 0.29) is 24.2 Å². The highest BCUT2D eigenvalue weighted by Crippen LogP contribution is 2.21. The number of nitrogens with zero attached hydrogens (tertiary/aromatic N) is 2. The highest BCUT2D eigenvalue weighted by atomic mass is 16.5. The van der Waals surface area contributed by atoms with E-state index in [0.29, 0.717) is 45.6 Å². The van der Waals surface area contributed by atoms with Crippen LogP contribution < -0.4 is 0 Å². The number of ether oxygens (including phenoxy) is 1. The van der Waals surface area contributed by atoms with Gasteiger partial charge in [0.15, 0.2) is 0 Å². The Balaban J connectivity index is 1.85. The van der Waals surface area contributed by atoms with Crippen molar-refractivity contribution in [3.8, 4) is 0 Å². The Labute approximate surface area is 123 Å². The van der Waals surface area contributed by atoms with Gasteiger partial charge in [0, 0.05) is 39.0 Å². The molecule has 118 valence electrons. The summed E-state index contributed by atoms with van der Waals surface area (Å²) in [5.41, 5.74) is 0. The van der Waals surface area contributed by atoms with Gasteiger partial charge in [0.25, 0.3) is 0 Å². The summed E-state index contributed by atoms with van der Waals surface area (Å²) < 4.78 is 5.38. The van der Waals surface area contributed by atoms with Crippen LogP contribution in [0.25, 0.3) is 0 Å². The topological polar surface area (TPSA) is 87.2 Å². The smallest absolute Gasteiger partial charge is 0.306 e. The molecule has 21 heavy (non-hydrogen) atoms. The van der Waals surface area contributed by atoms with Gasteiger partial charge in [0.05, 0.1) is 19.1 Å². The Morgan fingerprint density at radius 2 is 1.81 bits per heavy atom. The molecule has 0 aromatic heterocycles. The number of carbonyl (C=O) groups excluding carboxylic acids is 2. The van der Waals surface area contributed by atoms with Gasteiger partial charge in [0.1, 0.15) is 0 Å². The minimum Gasteiger partial charge on any atom is -0.481 e. The maximum absolute atomic E-state index is 12.5. The molecule has 0 spiro atoms. The minimum atomic E-state index is -0.913. The summed E-state index contributed by atoms with van der Waals surface area (Å²) in [5.74, 6) is -0.862. The standard InChI is InChI=1S/C14H22N2O5/c1-10(17)15-4-2-11(3-5-15)14(20)16-6-7-21-12(9-16)8-13(18)19/h11-12H,2-9H2,1H3,(H,18,19). The molecule has 0 bridgehead atoms. The van der Waals surface area contributed by atoms with Crippen LogP contribution in [0.5, 0.6) is 0 Å². The van der Waals surface area contributed by atoms with E-state index in [1.807, 2.05) is 0 Å². The average molecular weight is 298 g/mol. The van der Waals surface area contributed by atoms with E-state index in [1.54, 1.807) is 16.7 Å². The van der Waals surface area contributed by atoms with Crippen LogP contribution in [0.4, 0.5) is 0 Å². The first-order valence-electron chi connectivity index (χ1n) is 7.35. The Bertz CT molecular complexity index is 418. The van der Waals surface area contributed by atoms with E-state index in [0.717, 1.165) is 0 Å². The first-order valence-corrected chi connectivity index (χ1v) is 7.35. The summed E-state index contributed by atoms with van der Waals surface area (Å²) in [5, 5.41) is 8.80. The van der Waals surface area contributed by atoms with Crippen molar-refractivity contribution in [2.75, 3.05) is 32.8 Å². The molecule has 2 fully saturated rings. The SMILES string of the molecule is CC(=O)N1CCC(C(=O)N2CCOC(CC(=O)O)C2)CC1. The number of rotatable bonds is 3. The van der Waals surface area contributed by atoms with E-state index < -0.39 is 12.1 Å². The third-order valence-electron chi connectivity index (χ3n) is 4.14. The number of likely N-dealkylation sites (tertiary alicyclic amines) is 1. The first kappa shape index (κ1) is 15.8. The van der Waals surface area contributed by atoms with Gasteiger partial charge in [-0.05, 0) is 12.8 Å². The lowest BCUT2D eigenvalue weighted by molar-refractivity contribution is -0.151. The van der Waals surface area contributed by atoms with Gasteiger partial charge in [-0.2, -0.15) is 0 Å². The summed E-state index contributed by atoms with van der Waals surface area (Å²) in [6.07, 6.45) is 0.864. The van der Waals surface area contributed by atoms with Crippen molar-refractivity contribution < 1.29 is 24.2 Å². The molecule has 1 atom stereocenters. The molecule has 0 aliphatic carbocycles. The van der Waals surface area contributed by atoms with Crippen LogP contribution in [0.3, 0.4) is 0 Å². The normalized spacial score (nSPS) is 24.0. The molecule has 0 saturated carbocycles. The Hall–Kier alpha value is -1.63. The van der Waals surface area contributed by atoms with Crippen LogP contribution in [0.1, 0.15) is 26.2 Å². The lowest BCUT2D eigenvalue weighted by Gasteiger charge is -2.37. The van der Waals surface area contributed by atoms with Gasteiger partial charge in [-0.1, -0.05) is 0 Å². The number of hydrogen-bond donors (Lipinski definition) is 1. The highest BCUT2D eigenvalue weighted by Gasteiger charge is 2.32. The largest absolute Gasteiger partial charge is 0.481 e. The Morgan fingerprint density at radius 3 is 2.38 bits per heavy atom. The van der Waals surface area contributed by atoms with E-state index in [1.165, 1.54) is 0 Å². The van der Waals surface area contributed by atoms with Gasteiger partial charge >= 0.3 is 5.97 Å². The molecule has 1 unspecified atom stereocenters. The number of morpholine rings is 1. The maximum atomic E-state index is 12.5. The molecule has 7 nitrogen and oxygen atoms in total. The quantitative estimate of drug-likeness (QED) is 0.789. The predicted octanol–water partition coefficient (Wildman–Crippen LogP) is -0.0530. The van der Waals surface area contributed by atoms with Crippen molar-refractivity contribution in [1.29, 1.82) is 0 Å². The van der Waals surface area contributed by atoms with Crippen molar-refractivity contribution in [1.82, 2.24) is 9.80 Å².